The van der Waals surface area contributed by atoms with Gasteiger partial charge in [-0.05, 0) is 18.2 Å². The van der Waals surface area contributed by atoms with Gasteiger partial charge in [0.1, 0.15) is 11.9 Å². The number of rotatable bonds is 2. The Labute approximate surface area is 102 Å². The van der Waals surface area contributed by atoms with Gasteiger partial charge < -0.3 is 11.1 Å². The van der Waals surface area contributed by atoms with E-state index in [0.717, 1.165) is 12.1 Å². The summed E-state index contributed by atoms with van der Waals surface area (Å²) in [6.45, 7) is 0. The predicted octanol–water partition coefficient (Wildman–Crippen LogP) is 2.56. The highest BCUT2D eigenvalue weighted by Crippen LogP contribution is 2.21. The molecule has 0 aliphatic rings. The number of hydrogen-bond acceptors (Lipinski definition) is 4. The topological polar surface area (TPSA) is 74.7 Å². The zero-order valence-electron chi connectivity index (χ0n) is 9.11. The lowest BCUT2D eigenvalue weighted by molar-refractivity contribution is 0.509. The van der Waals surface area contributed by atoms with Gasteiger partial charge in [0.25, 0.3) is 0 Å². The smallest absolute Gasteiger partial charge is 0.160 e. The molecular weight excluding hydrogens is 238 g/mol. The number of nitriles is 1. The molecule has 90 valence electrons. The summed E-state index contributed by atoms with van der Waals surface area (Å²) in [5.74, 6) is -1.68. The summed E-state index contributed by atoms with van der Waals surface area (Å²) < 4.78 is 25.8. The molecule has 4 nitrogen and oxygen atoms in total. The Hall–Kier alpha value is -2.68. The zero-order chi connectivity index (χ0) is 13.1. The van der Waals surface area contributed by atoms with Crippen molar-refractivity contribution in [3.63, 3.8) is 0 Å². The van der Waals surface area contributed by atoms with E-state index in [0.29, 0.717) is 11.4 Å². The molecule has 0 atom stereocenters. The molecule has 0 saturated carbocycles. The second-order valence-corrected chi connectivity index (χ2v) is 3.53. The van der Waals surface area contributed by atoms with Crippen molar-refractivity contribution in [3.8, 4) is 6.07 Å². The number of pyridine rings is 1. The van der Waals surface area contributed by atoms with Crippen LogP contribution in [0.1, 0.15) is 5.56 Å². The predicted molar refractivity (Wildman–Crippen MR) is 63.0 cm³/mol. The van der Waals surface area contributed by atoms with Gasteiger partial charge in [-0.25, -0.2) is 13.8 Å². The quantitative estimate of drug-likeness (QED) is 0.853. The molecule has 0 amide bonds. The summed E-state index contributed by atoms with van der Waals surface area (Å²) >= 11 is 0. The lowest BCUT2D eigenvalue weighted by Gasteiger charge is -2.07. The lowest BCUT2D eigenvalue weighted by Crippen LogP contribution is -1.99. The van der Waals surface area contributed by atoms with Crippen molar-refractivity contribution in [1.29, 1.82) is 5.26 Å². The zero-order valence-corrected chi connectivity index (χ0v) is 9.11. The van der Waals surface area contributed by atoms with Crippen molar-refractivity contribution >= 4 is 17.2 Å². The molecule has 0 fully saturated rings. The van der Waals surface area contributed by atoms with Gasteiger partial charge in [0, 0.05) is 11.8 Å². The normalized spacial score (nSPS) is 9.83. The molecule has 0 unspecified atom stereocenters. The number of nitrogens with two attached hydrogens (primary N) is 1. The molecule has 0 bridgehead atoms. The van der Waals surface area contributed by atoms with Gasteiger partial charge >= 0.3 is 0 Å². The van der Waals surface area contributed by atoms with Gasteiger partial charge in [-0.1, -0.05) is 0 Å². The Morgan fingerprint density at radius 1 is 1.22 bits per heavy atom. The molecule has 1 heterocycles. The van der Waals surface area contributed by atoms with Crippen molar-refractivity contribution in [2.24, 2.45) is 0 Å². The fraction of sp³-hybridized carbons (Fsp3) is 0. The average molecular weight is 246 g/mol. The highest BCUT2D eigenvalue weighted by atomic mass is 19.2. The number of aromatic nitrogens is 1. The SMILES string of the molecule is N#Cc1cc(N)cnc1Nc1ccc(F)c(F)c1. The first-order valence-electron chi connectivity index (χ1n) is 4.98. The summed E-state index contributed by atoms with van der Waals surface area (Å²) in [6.07, 6.45) is 1.36. The van der Waals surface area contributed by atoms with Crippen LogP contribution in [-0.4, -0.2) is 4.98 Å². The number of benzene rings is 1. The van der Waals surface area contributed by atoms with Crippen molar-refractivity contribution in [1.82, 2.24) is 4.98 Å². The van der Waals surface area contributed by atoms with Gasteiger partial charge in [0.05, 0.1) is 17.4 Å². The molecule has 1 aromatic carbocycles. The second-order valence-electron chi connectivity index (χ2n) is 3.53. The van der Waals surface area contributed by atoms with Crippen LogP contribution in [0.2, 0.25) is 0 Å². The van der Waals surface area contributed by atoms with Gasteiger partial charge in [-0.2, -0.15) is 5.26 Å². The van der Waals surface area contributed by atoms with E-state index in [-0.39, 0.29) is 11.4 Å². The first-order chi connectivity index (χ1) is 8.60. The Bertz CT molecular complexity index is 634. The maximum Gasteiger partial charge on any atom is 0.160 e. The van der Waals surface area contributed by atoms with Gasteiger partial charge in [0.15, 0.2) is 11.6 Å². The maximum absolute atomic E-state index is 13.0. The number of nitrogen functional groups attached to an aromatic ring is 1. The highest BCUT2D eigenvalue weighted by Gasteiger charge is 2.07. The Kier molecular flexibility index (Phi) is 3.06. The first kappa shape index (κ1) is 11.8. The Morgan fingerprint density at radius 2 is 2.00 bits per heavy atom. The lowest BCUT2D eigenvalue weighted by atomic mass is 10.2. The molecule has 6 heteroatoms. The van der Waals surface area contributed by atoms with Crippen LogP contribution in [0, 0.1) is 23.0 Å². The average Bonchev–Trinajstić information content (AvgIpc) is 2.36. The van der Waals surface area contributed by atoms with Crippen LogP contribution in [-0.2, 0) is 0 Å². The van der Waals surface area contributed by atoms with Crippen LogP contribution in [0.25, 0.3) is 0 Å². The largest absolute Gasteiger partial charge is 0.397 e. The van der Waals surface area contributed by atoms with Crippen molar-refractivity contribution in [3.05, 3.63) is 47.7 Å². The van der Waals surface area contributed by atoms with E-state index >= 15 is 0 Å². The number of hydrogen-bond donors (Lipinski definition) is 2. The van der Waals surface area contributed by atoms with E-state index in [1.54, 1.807) is 0 Å². The molecule has 0 spiro atoms. The summed E-state index contributed by atoms with van der Waals surface area (Å²) in [7, 11) is 0. The fourth-order valence-electron chi connectivity index (χ4n) is 1.38. The third kappa shape index (κ3) is 2.35. The third-order valence-corrected chi connectivity index (χ3v) is 2.21. The minimum absolute atomic E-state index is 0.222. The molecule has 0 aliphatic carbocycles. The molecule has 3 N–H and O–H groups in total. The highest BCUT2D eigenvalue weighted by molar-refractivity contribution is 5.64. The van der Waals surface area contributed by atoms with Crippen LogP contribution in [0.4, 0.5) is 26.0 Å². The van der Waals surface area contributed by atoms with Gasteiger partial charge in [-0.15, -0.1) is 0 Å². The molecule has 0 radical (unpaired) electrons. The van der Waals surface area contributed by atoms with E-state index in [1.165, 1.54) is 18.3 Å². The number of anilines is 3. The van der Waals surface area contributed by atoms with E-state index in [9.17, 15) is 8.78 Å². The van der Waals surface area contributed by atoms with Crippen LogP contribution in [0.15, 0.2) is 30.5 Å². The molecule has 1 aromatic heterocycles. The summed E-state index contributed by atoms with van der Waals surface area (Å²) in [5.41, 5.74) is 6.35. The third-order valence-electron chi connectivity index (χ3n) is 2.21. The first-order valence-corrected chi connectivity index (χ1v) is 4.98. The number of halogens is 2. The van der Waals surface area contributed by atoms with Crippen molar-refractivity contribution < 1.29 is 8.78 Å². The summed E-state index contributed by atoms with van der Waals surface area (Å²) in [5, 5.41) is 11.6. The second kappa shape index (κ2) is 4.67. The summed E-state index contributed by atoms with van der Waals surface area (Å²) in [4.78, 5) is 3.92. The minimum atomic E-state index is -0.978. The van der Waals surface area contributed by atoms with Crippen LogP contribution < -0.4 is 11.1 Å². The van der Waals surface area contributed by atoms with Crippen LogP contribution >= 0.6 is 0 Å². The standard InChI is InChI=1S/C12H8F2N4/c13-10-2-1-9(4-11(10)14)18-12-7(5-15)3-8(16)6-17-12/h1-4,6H,16H2,(H,17,18). The van der Waals surface area contributed by atoms with Crippen molar-refractivity contribution in [2.75, 3.05) is 11.1 Å². The fourth-order valence-corrected chi connectivity index (χ4v) is 1.38. The van der Waals surface area contributed by atoms with Crippen LogP contribution in [0.5, 0.6) is 0 Å². The molecule has 0 saturated heterocycles. The minimum Gasteiger partial charge on any atom is -0.397 e. The number of nitrogens with one attached hydrogen (secondary N) is 1. The molecule has 18 heavy (non-hydrogen) atoms. The van der Waals surface area contributed by atoms with Gasteiger partial charge in [0.2, 0.25) is 0 Å². The Morgan fingerprint density at radius 3 is 2.67 bits per heavy atom. The maximum atomic E-state index is 13.0. The number of nitrogens with zero attached hydrogens (tertiary/aromatic N) is 2. The monoisotopic (exact) mass is 246 g/mol. The van der Waals surface area contributed by atoms with E-state index in [4.69, 9.17) is 11.0 Å². The molecule has 2 aromatic rings. The molecule has 2 rings (SSSR count). The van der Waals surface area contributed by atoms with Gasteiger partial charge in [-0.3, -0.25) is 0 Å². The van der Waals surface area contributed by atoms with E-state index < -0.39 is 11.6 Å². The van der Waals surface area contributed by atoms with Crippen LogP contribution in [0.3, 0.4) is 0 Å². The van der Waals surface area contributed by atoms with E-state index in [1.807, 2.05) is 6.07 Å². The van der Waals surface area contributed by atoms with E-state index in [2.05, 4.69) is 10.3 Å². The molecule has 0 aliphatic heterocycles. The van der Waals surface area contributed by atoms with Crippen molar-refractivity contribution in [2.45, 2.75) is 0 Å². The summed E-state index contributed by atoms with van der Waals surface area (Å²) in [6, 6.07) is 6.66. The molecular formula is C12H8F2N4. The Balaban J connectivity index is 2.34.